The maximum atomic E-state index is 12.6. The number of oxazole rings is 1. The van der Waals surface area contributed by atoms with Crippen LogP contribution < -0.4 is 9.47 Å². The number of carbonyl (C=O) groups excluding carboxylic acids is 1. The van der Waals surface area contributed by atoms with Gasteiger partial charge < -0.3 is 18.8 Å². The zero-order valence-corrected chi connectivity index (χ0v) is 17.7. The molecule has 1 amide bonds. The summed E-state index contributed by atoms with van der Waals surface area (Å²) in [4.78, 5) is 19.0. The molecule has 0 unspecified atom stereocenters. The Labute approximate surface area is 184 Å². The highest BCUT2D eigenvalue weighted by molar-refractivity contribution is 5.92. The summed E-state index contributed by atoms with van der Waals surface area (Å²) in [6.45, 7) is 0.342. The van der Waals surface area contributed by atoms with Gasteiger partial charge in [0.2, 0.25) is 5.91 Å². The van der Waals surface area contributed by atoms with Crippen LogP contribution in [0.4, 0.5) is 8.78 Å². The molecule has 1 aromatic heterocycles. The Morgan fingerprint density at radius 2 is 2.00 bits per heavy atom. The molecule has 0 radical (unpaired) electrons. The van der Waals surface area contributed by atoms with E-state index in [4.69, 9.17) is 9.15 Å². The van der Waals surface area contributed by atoms with Crippen molar-refractivity contribution in [1.29, 1.82) is 0 Å². The van der Waals surface area contributed by atoms with Gasteiger partial charge in [0.15, 0.2) is 23.0 Å². The summed E-state index contributed by atoms with van der Waals surface area (Å²) in [5, 5.41) is 0. The second-order valence-corrected chi connectivity index (χ2v) is 7.47. The van der Waals surface area contributed by atoms with Crippen LogP contribution >= 0.6 is 0 Å². The van der Waals surface area contributed by atoms with Crippen LogP contribution in [0.25, 0.3) is 17.2 Å². The molecule has 1 fully saturated rings. The number of halogens is 2. The predicted octanol–water partition coefficient (Wildman–Crippen LogP) is 5.25. The Hall–Kier alpha value is -3.42. The van der Waals surface area contributed by atoms with Crippen molar-refractivity contribution in [3.63, 3.8) is 0 Å². The van der Waals surface area contributed by atoms with Crippen LogP contribution in [0.2, 0.25) is 0 Å². The lowest BCUT2D eigenvalue weighted by Gasteiger charge is -2.29. The molecule has 0 N–H and O–H groups in total. The fourth-order valence-electron chi connectivity index (χ4n) is 3.77. The van der Waals surface area contributed by atoms with E-state index < -0.39 is 6.61 Å². The maximum absolute atomic E-state index is 12.6. The number of nitrogens with zero attached hydrogens (tertiary/aromatic N) is 2. The molecule has 1 aliphatic heterocycles. The van der Waals surface area contributed by atoms with E-state index in [0.29, 0.717) is 25.3 Å². The third-order valence-corrected chi connectivity index (χ3v) is 5.37. The standard InChI is InChI=1S/C24H24F2N2O4/c1-2-30-21-15-16(7-9-20(21)32-24(25)26)8-10-22(29)28-13-11-17(12-14-28)23-27-18-5-3-4-6-19(18)31-23/h3-10,15,17,24H,2,11-14H2,1H3/b10-8+. The fourth-order valence-corrected chi connectivity index (χ4v) is 3.77. The first-order chi connectivity index (χ1) is 15.5. The van der Waals surface area contributed by atoms with Crippen molar-refractivity contribution in [2.75, 3.05) is 19.7 Å². The fraction of sp³-hybridized carbons (Fsp3) is 0.333. The molecule has 6 nitrogen and oxygen atoms in total. The Bertz CT molecular complexity index is 1070. The molecule has 3 aromatic rings. The average Bonchev–Trinajstić information content (AvgIpc) is 3.23. The molecule has 0 bridgehead atoms. The second kappa shape index (κ2) is 9.80. The van der Waals surface area contributed by atoms with Gasteiger partial charge in [0.25, 0.3) is 0 Å². The molecule has 0 atom stereocenters. The van der Waals surface area contributed by atoms with Gasteiger partial charge in [-0.3, -0.25) is 4.79 Å². The maximum Gasteiger partial charge on any atom is 0.387 e. The number of hydrogen-bond acceptors (Lipinski definition) is 5. The van der Waals surface area contributed by atoms with E-state index >= 15 is 0 Å². The molecule has 32 heavy (non-hydrogen) atoms. The number of para-hydroxylation sites is 2. The predicted molar refractivity (Wildman–Crippen MR) is 116 cm³/mol. The molecule has 1 aliphatic rings. The number of aromatic nitrogens is 1. The lowest BCUT2D eigenvalue weighted by atomic mass is 9.96. The van der Waals surface area contributed by atoms with Gasteiger partial charge in [-0.15, -0.1) is 0 Å². The highest BCUT2D eigenvalue weighted by atomic mass is 19.3. The molecule has 2 heterocycles. The molecule has 1 saturated heterocycles. The smallest absolute Gasteiger partial charge is 0.387 e. The van der Waals surface area contributed by atoms with Gasteiger partial charge in [0.05, 0.1) is 6.61 Å². The van der Waals surface area contributed by atoms with Crippen molar-refractivity contribution in [2.24, 2.45) is 0 Å². The minimum atomic E-state index is -2.94. The van der Waals surface area contributed by atoms with Crippen LogP contribution in [0.5, 0.6) is 11.5 Å². The van der Waals surface area contributed by atoms with Crippen molar-refractivity contribution >= 4 is 23.1 Å². The van der Waals surface area contributed by atoms with E-state index in [9.17, 15) is 13.6 Å². The number of rotatable bonds is 7. The van der Waals surface area contributed by atoms with Crippen LogP contribution in [0.15, 0.2) is 53.0 Å². The van der Waals surface area contributed by atoms with Crippen molar-refractivity contribution in [3.8, 4) is 11.5 Å². The molecular formula is C24H24F2N2O4. The first kappa shape index (κ1) is 21.8. The van der Waals surface area contributed by atoms with Crippen LogP contribution in [-0.4, -0.2) is 42.1 Å². The van der Waals surface area contributed by atoms with Crippen molar-refractivity contribution in [2.45, 2.75) is 32.3 Å². The Kier molecular flexibility index (Phi) is 6.68. The molecule has 0 saturated carbocycles. The molecular weight excluding hydrogens is 418 g/mol. The number of likely N-dealkylation sites (tertiary alicyclic amines) is 1. The van der Waals surface area contributed by atoms with Crippen molar-refractivity contribution < 1.29 is 27.5 Å². The van der Waals surface area contributed by atoms with E-state index in [1.807, 2.05) is 24.3 Å². The van der Waals surface area contributed by atoms with Gasteiger partial charge in [-0.2, -0.15) is 8.78 Å². The average molecular weight is 442 g/mol. The van der Waals surface area contributed by atoms with Gasteiger partial charge in [-0.1, -0.05) is 18.2 Å². The molecule has 0 aliphatic carbocycles. The molecule has 2 aromatic carbocycles. The van der Waals surface area contributed by atoms with E-state index in [1.165, 1.54) is 12.1 Å². The van der Waals surface area contributed by atoms with Gasteiger partial charge in [-0.05, 0) is 55.7 Å². The molecule has 168 valence electrons. The van der Waals surface area contributed by atoms with Crippen LogP contribution in [0.1, 0.15) is 37.1 Å². The number of amides is 1. The minimum Gasteiger partial charge on any atom is -0.490 e. The van der Waals surface area contributed by atoms with Gasteiger partial charge >= 0.3 is 6.61 Å². The van der Waals surface area contributed by atoms with Crippen LogP contribution in [0, 0.1) is 0 Å². The zero-order chi connectivity index (χ0) is 22.5. The largest absolute Gasteiger partial charge is 0.490 e. The van der Waals surface area contributed by atoms with Gasteiger partial charge in [0, 0.05) is 25.1 Å². The number of ether oxygens (including phenoxy) is 2. The lowest BCUT2D eigenvalue weighted by Crippen LogP contribution is -2.36. The number of benzene rings is 2. The Morgan fingerprint density at radius 3 is 2.72 bits per heavy atom. The second-order valence-electron chi connectivity index (χ2n) is 7.47. The summed E-state index contributed by atoms with van der Waals surface area (Å²) < 4.78 is 40.8. The Balaban J connectivity index is 1.36. The Morgan fingerprint density at radius 1 is 1.22 bits per heavy atom. The molecule has 4 rings (SSSR count). The zero-order valence-electron chi connectivity index (χ0n) is 17.7. The number of piperidine rings is 1. The number of fused-ring (bicyclic) bond motifs is 1. The van der Waals surface area contributed by atoms with Crippen molar-refractivity contribution in [1.82, 2.24) is 9.88 Å². The number of carbonyl (C=O) groups is 1. The third-order valence-electron chi connectivity index (χ3n) is 5.37. The summed E-state index contributed by atoms with van der Waals surface area (Å²) >= 11 is 0. The minimum absolute atomic E-state index is 0.0356. The van der Waals surface area contributed by atoms with Gasteiger partial charge in [0.1, 0.15) is 5.52 Å². The van der Waals surface area contributed by atoms with Crippen molar-refractivity contribution in [3.05, 3.63) is 60.0 Å². The van der Waals surface area contributed by atoms with E-state index in [-0.39, 0.29) is 23.3 Å². The normalized spacial score (nSPS) is 15.1. The summed E-state index contributed by atoms with van der Waals surface area (Å²) in [6.07, 6.45) is 4.68. The SMILES string of the molecule is CCOc1cc(/C=C/C(=O)N2CCC(c3nc4ccccc4o3)CC2)ccc1OC(F)F. The molecule has 0 spiro atoms. The molecule has 8 heteroatoms. The highest BCUT2D eigenvalue weighted by Gasteiger charge is 2.26. The first-order valence-electron chi connectivity index (χ1n) is 10.6. The third kappa shape index (κ3) is 5.07. The summed E-state index contributed by atoms with van der Waals surface area (Å²) in [7, 11) is 0. The van der Waals surface area contributed by atoms with E-state index in [0.717, 1.165) is 29.8 Å². The first-order valence-corrected chi connectivity index (χ1v) is 10.6. The summed E-state index contributed by atoms with van der Waals surface area (Å²) in [6, 6.07) is 12.3. The van der Waals surface area contributed by atoms with E-state index in [2.05, 4.69) is 9.72 Å². The lowest BCUT2D eigenvalue weighted by molar-refractivity contribution is -0.127. The van der Waals surface area contributed by atoms with Gasteiger partial charge in [-0.25, -0.2) is 4.98 Å². The monoisotopic (exact) mass is 442 g/mol. The van der Waals surface area contributed by atoms with Crippen LogP contribution in [0.3, 0.4) is 0 Å². The quantitative estimate of drug-likeness (QED) is 0.468. The topological polar surface area (TPSA) is 64.8 Å². The number of alkyl halides is 2. The highest BCUT2D eigenvalue weighted by Crippen LogP contribution is 2.31. The number of hydrogen-bond donors (Lipinski definition) is 0. The summed E-state index contributed by atoms with van der Waals surface area (Å²) in [5.41, 5.74) is 2.28. The summed E-state index contributed by atoms with van der Waals surface area (Å²) in [5.74, 6) is 0.981. The van der Waals surface area contributed by atoms with Crippen LogP contribution in [-0.2, 0) is 4.79 Å². The van der Waals surface area contributed by atoms with E-state index in [1.54, 1.807) is 30.0 Å².